The molecule has 0 bridgehead atoms. The molecular weight excluding hydrogens is 204 g/mol. The minimum atomic E-state index is -0.604. The van der Waals surface area contributed by atoms with Gasteiger partial charge >= 0.3 is 5.97 Å². The molecule has 0 spiro atoms. The maximum Gasteiger partial charge on any atom is 0.311 e. The fraction of sp³-hybridized carbons (Fsp3) is 0.769. The first-order valence-electron chi connectivity index (χ1n) is 6.04. The number of aliphatic hydroxyl groups is 1. The van der Waals surface area contributed by atoms with Crippen LogP contribution < -0.4 is 0 Å². The van der Waals surface area contributed by atoms with E-state index < -0.39 is 12.0 Å². The lowest BCUT2D eigenvalue weighted by Crippen LogP contribution is -2.45. The zero-order valence-electron chi connectivity index (χ0n) is 10.5. The molecule has 16 heavy (non-hydrogen) atoms. The van der Waals surface area contributed by atoms with E-state index in [1.54, 1.807) is 6.92 Å². The van der Waals surface area contributed by atoms with Crippen molar-refractivity contribution in [2.24, 2.45) is 17.8 Å². The molecule has 5 atom stereocenters. The first-order valence-corrected chi connectivity index (χ1v) is 6.04. The molecule has 5 unspecified atom stereocenters. The molecule has 1 aliphatic heterocycles. The minimum absolute atomic E-state index is 0.0343. The summed E-state index contributed by atoms with van der Waals surface area (Å²) < 4.78 is 5.29. The molecule has 0 aliphatic carbocycles. The van der Waals surface area contributed by atoms with Gasteiger partial charge in [0, 0.05) is 5.92 Å². The molecule has 1 fully saturated rings. The number of hydrogen-bond acceptors (Lipinski definition) is 3. The van der Waals surface area contributed by atoms with Gasteiger partial charge in [-0.3, -0.25) is 4.79 Å². The number of carbonyl (C=O) groups excluding carboxylic acids is 1. The Morgan fingerprint density at radius 2 is 2.12 bits per heavy atom. The van der Waals surface area contributed by atoms with Crippen LogP contribution in [0.1, 0.15) is 34.1 Å². The first-order chi connectivity index (χ1) is 7.47. The van der Waals surface area contributed by atoms with Gasteiger partial charge in [0.25, 0.3) is 0 Å². The van der Waals surface area contributed by atoms with Crippen molar-refractivity contribution in [3.8, 4) is 0 Å². The van der Waals surface area contributed by atoms with Crippen LogP contribution in [0.3, 0.4) is 0 Å². The first kappa shape index (κ1) is 13.2. The normalized spacial score (nSPS) is 37.4. The van der Waals surface area contributed by atoms with Crippen molar-refractivity contribution < 1.29 is 14.6 Å². The van der Waals surface area contributed by atoms with Crippen molar-refractivity contribution >= 4 is 5.97 Å². The SMILES string of the molecule is CCC(C)C=CC1OC(=O)C(C)C(O)C1C. The summed E-state index contributed by atoms with van der Waals surface area (Å²) in [5.41, 5.74) is 0. The van der Waals surface area contributed by atoms with Crippen LogP contribution in [0, 0.1) is 17.8 Å². The number of ether oxygens (including phenoxy) is 1. The predicted octanol–water partition coefficient (Wildman–Crippen LogP) is 2.15. The maximum absolute atomic E-state index is 11.5. The summed E-state index contributed by atoms with van der Waals surface area (Å²) in [5, 5.41) is 9.87. The van der Waals surface area contributed by atoms with Crippen molar-refractivity contribution in [1.29, 1.82) is 0 Å². The van der Waals surface area contributed by atoms with E-state index in [9.17, 15) is 9.90 Å². The van der Waals surface area contributed by atoms with E-state index in [-0.39, 0.29) is 18.0 Å². The molecule has 1 saturated heterocycles. The third-order valence-electron chi connectivity index (χ3n) is 3.47. The van der Waals surface area contributed by atoms with Crippen LogP contribution in [0.25, 0.3) is 0 Å². The third-order valence-corrected chi connectivity index (χ3v) is 3.47. The Labute approximate surface area is 97.5 Å². The van der Waals surface area contributed by atoms with Gasteiger partial charge in [-0.25, -0.2) is 0 Å². The zero-order chi connectivity index (χ0) is 12.3. The number of hydrogen-bond donors (Lipinski definition) is 1. The number of esters is 1. The zero-order valence-corrected chi connectivity index (χ0v) is 10.5. The van der Waals surface area contributed by atoms with Crippen LogP contribution in [-0.2, 0) is 9.53 Å². The molecule has 92 valence electrons. The molecule has 0 amide bonds. The van der Waals surface area contributed by atoms with Crippen LogP contribution in [0.4, 0.5) is 0 Å². The monoisotopic (exact) mass is 226 g/mol. The van der Waals surface area contributed by atoms with Crippen LogP contribution in [0.5, 0.6) is 0 Å². The van der Waals surface area contributed by atoms with Gasteiger partial charge in [-0.2, -0.15) is 0 Å². The van der Waals surface area contributed by atoms with Crippen molar-refractivity contribution in [2.75, 3.05) is 0 Å². The van der Waals surface area contributed by atoms with Crippen LogP contribution in [0.2, 0.25) is 0 Å². The highest BCUT2D eigenvalue weighted by atomic mass is 16.5. The van der Waals surface area contributed by atoms with Gasteiger partial charge in [0.2, 0.25) is 0 Å². The summed E-state index contributed by atoms with van der Waals surface area (Å²) in [6.07, 6.45) is 4.13. The average molecular weight is 226 g/mol. The Bertz CT molecular complexity index is 272. The van der Waals surface area contributed by atoms with Gasteiger partial charge < -0.3 is 9.84 Å². The Balaban J connectivity index is 2.67. The van der Waals surface area contributed by atoms with Crippen molar-refractivity contribution in [2.45, 2.75) is 46.3 Å². The largest absolute Gasteiger partial charge is 0.457 e. The fourth-order valence-electron chi connectivity index (χ4n) is 1.79. The second-order valence-electron chi connectivity index (χ2n) is 4.81. The quantitative estimate of drug-likeness (QED) is 0.592. The molecule has 1 N–H and O–H groups in total. The molecule has 1 aliphatic rings. The molecule has 0 radical (unpaired) electrons. The van der Waals surface area contributed by atoms with Gasteiger partial charge in [-0.15, -0.1) is 0 Å². The van der Waals surface area contributed by atoms with Gasteiger partial charge in [0.15, 0.2) is 0 Å². The average Bonchev–Trinajstić information content (AvgIpc) is 2.28. The maximum atomic E-state index is 11.5. The van der Waals surface area contributed by atoms with E-state index in [1.807, 2.05) is 13.0 Å². The highest BCUT2D eigenvalue weighted by Gasteiger charge is 2.39. The van der Waals surface area contributed by atoms with Crippen molar-refractivity contribution in [1.82, 2.24) is 0 Å². The summed E-state index contributed by atoms with van der Waals surface area (Å²) in [5.74, 6) is -0.275. The summed E-state index contributed by atoms with van der Waals surface area (Å²) in [7, 11) is 0. The van der Waals surface area contributed by atoms with Gasteiger partial charge in [-0.1, -0.05) is 33.3 Å². The number of cyclic esters (lactones) is 1. The summed E-state index contributed by atoms with van der Waals surface area (Å²) in [4.78, 5) is 11.5. The Morgan fingerprint density at radius 1 is 1.50 bits per heavy atom. The van der Waals surface area contributed by atoms with E-state index in [0.29, 0.717) is 5.92 Å². The molecular formula is C13H22O3. The highest BCUT2D eigenvalue weighted by Crippen LogP contribution is 2.27. The lowest BCUT2D eigenvalue weighted by Gasteiger charge is -2.34. The number of allylic oxidation sites excluding steroid dienone is 1. The topological polar surface area (TPSA) is 46.5 Å². The number of rotatable bonds is 3. The summed E-state index contributed by atoms with van der Waals surface area (Å²) in [6, 6.07) is 0. The second kappa shape index (κ2) is 5.48. The lowest BCUT2D eigenvalue weighted by molar-refractivity contribution is -0.172. The molecule has 0 aromatic rings. The number of aliphatic hydroxyl groups excluding tert-OH is 1. The van der Waals surface area contributed by atoms with Gasteiger partial charge in [0.1, 0.15) is 6.10 Å². The van der Waals surface area contributed by atoms with Crippen LogP contribution in [0.15, 0.2) is 12.2 Å². The molecule has 3 heteroatoms. The molecule has 3 nitrogen and oxygen atoms in total. The van der Waals surface area contributed by atoms with Gasteiger partial charge in [-0.05, 0) is 18.9 Å². The third kappa shape index (κ3) is 2.85. The van der Waals surface area contributed by atoms with Crippen molar-refractivity contribution in [3.63, 3.8) is 0 Å². The Morgan fingerprint density at radius 3 is 2.69 bits per heavy atom. The Kier molecular flexibility index (Phi) is 4.54. The molecule has 0 aromatic carbocycles. The summed E-state index contributed by atoms with van der Waals surface area (Å²) in [6.45, 7) is 7.85. The van der Waals surface area contributed by atoms with Crippen LogP contribution in [-0.4, -0.2) is 23.3 Å². The molecule has 1 rings (SSSR count). The molecule has 0 aromatic heterocycles. The van der Waals surface area contributed by atoms with E-state index in [0.717, 1.165) is 6.42 Å². The van der Waals surface area contributed by atoms with E-state index in [4.69, 9.17) is 4.74 Å². The van der Waals surface area contributed by atoms with Crippen molar-refractivity contribution in [3.05, 3.63) is 12.2 Å². The van der Waals surface area contributed by atoms with E-state index >= 15 is 0 Å². The smallest absolute Gasteiger partial charge is 0.311 e. The minimum Gasteiger partial charge on any atom is -0.457 e. The second-order valence-corrected chi connectivity index (χ2v) is 4.81. The van der Waals surface area contributed by atoms with Crippen LogP contribution >= 0.6 is 0 Å². The standard InChI is InChI=1S/C13H22O3/c1-5-8(2)6-7-11-9(3)12(14)10(4)13(15)16-11/h6-12,14H,5H2,1-4H3. The Hall–Kier alpha value is -0.830. The highest BCUT2D eigenvalue weighted by molar-refractivity contribution is 5.74. The van der Waals surface area contributed by atoms with E-state index in [2.05, 4.69) is 19.9 Å². The molecule has 0 saturated carbocycles. The predicted molar refractivity (Wildman–Crippen MR) is 62.8 cm³/mol. The van der Waals surface area contributed by atoms with E-state index in [1.165, 1.54) is 0 Å². The summed E-state index contributed by atoms with van der Waals surface area (Å²) >= 11 is 0. The number of carbonyl (C=O) groups is 1. The van der Waals surface area contributed by atoms with Gasteiger partial charge in [0.05, 0.1) is 12.0 Å². The lowest BCUT2D eigenvalue weighted by atomic mass is 9.86. The fourth-order valence-corrected chi connectivity index (χ4v) is 1.79. The molecule has 1 heterocycles.